The third-order valence-corrected chi connectivity index (χ3v) is 9.03. The number of hydrogen-bond acceptors (Lipinski definition) is 5. The number of piperidine rings is 2. The van der Waals surface area contributed by atoms with Crippen LogP contribution in [-0.4, -0.2) is 59.0 Å². The molecule has 1 amide bonds. The van der Waals surface area contributed by atoms with Crippen molar-refractivity contribution in [3.8, 4) is 0 Å². The molecule has 0 bridgehead atoms. The molecule has 3 aromatic rings. The van der Waals surface area contributed by atoms with Gasteiger partial charge < -0.3 is 9.88 Å². The average Bonchev–Trinajstić information content (AvgIpc) is 2.98. The van der Waals surface area contributed by atoms with Crippen LogP contribution < -0.4 is 10.9 Å². The number of hydrogen-bond donors (Lipinski definition) is 2. The zero-order valence-corrected chi connectivity index (χ0v) is 25.2. The zero-order chi connectivity index (χ0) is 30.1. The highest BCUT2D eigenvalue weighted by Gasteiger charge is 2.39. The number of carbonyl (C=O) groups is 1. The Morgan fingerprint density at radius 1 is 1.07 bits per heavy atom. The summed E-state index contributed by atoms with van der Waals surface area (Å²) in [6, 6.07) is 11.1. The van der Waals surface area contributed by atoms with Crippen LogP contribution in [-0.2, 0) is 11.0 Å². The third kappa shape index (κ3) is 6.28. The number of carbonyl (C=O) groups excluding carboxylic acids is 1. The van der Waals surface area contributed by atoms with E-state index in [1.54, 1.807) is 4.90 Å². The first-order valence-electron chi connectivity index (χ1n) is 14.1. The quantitative estimate of drug-likeness (QED) is 0.305. The Morgan fingerprint density at radius 2 is 1.74 bits per heavy atom. The van der Waals surface area contributed by atoms with Gasteiger partial charge in [-0.2, -0.15) is 13.2 Å². The molecule has 5 rings (SSSR count). The van der Waals surface area contributed by atoms with E-state index in [9.17, 15) is 22.8 Å². The maximum Gasteiger partial charge on any atom is 0.416 e. The first kappa shape index (κ1) is 30.3. The summed E-state index contributed by atoms with van der Waals surface area (Å²) in [6.45, 7) is 7.50. The molecule has 0 atom stereocenters. The number of fused-ring (bicyclic) bond motifs is 1. The molecule has 2 saturated heterocycles. The Kier molecular flexibility index (Phi) is 8.82. The third-order valence-electron chi connectivity index (χ3n) is 8.50. The molecule has 3 heterocycles. The van der Waals surface area contributed by atoms with Crippen LogP contribution in [0.5, 0.6) is 0 Å². The van der Waals surface area contributed by atoms with Crippen LogP contribution in [0.1, 0.15) is 61.0 Å². The Balaban J connectivity index is 1.24. The molecular weight excluding hydrogens is 613 g/mol. The van der Waals surface area contributed by atoms with E-state index in [0.29, 0.717) is 19.7 Å². The highest BCUT2D eigenvalue weighted by atomic mass is 79.9. The summed E-state index contributed by atoms with van der Waals surface area (Å²) < 4.78 is 40.3. The number of likely N-dealkylation sites (tertiary alicyclic amines) is 2. The molecule has 1 aromatic heterocycles. The molecule has 11 heteroatoms. The van der Waals surface area contributed by atoms with E-state index in [4.69, 9.17) is 4.84 Å². The van der Waals surface area contributed by atoms with Gasteiger partial charge in [-0.05, 0) is 81.0 Å². The van der Waals surface area contributed by atoms with Crippen molar-refractivity contribution < 1.29 is 22.8 Å². The minimum Gasteiger partial charge on any atom is -0.360 e. The van der Waals surface area contributed by atoms with Gasteiger partial charge in [0.25, 0.3) is 5.91 Å². The van der Waals surface area contributed by atoms with Crippen molar-refractivity contribution in [2.24, 2.45) is 0 Å². The van der Waals surface area contributed by atoms with Crippen molar-refractivity contribution in [3.05, 3.63) is 85.6 Å². The highest BCUT2D eigenvalue weighted by Crippen LogP contribution is 2.35. The van der Waals surface area contributed by atoms with Gasteiger partial charge in [-0.3, -0.25) is 24.8 Å². The fraction of sp³-hybridized carbons (Fsp3) is 0.419. The normalized spacial score (nSPS) is 17.9. The lowest BCUT2D eigenvalue weighted by molar-refractivity contribution is -0.137. The van der Waals surface area contributed by atoms with Gasteiger partial charge in [0.2, 0.25) is 5.43 Å². The molecule has 2 aromatic carbocycles. The SMILES string of the molecule is CCONC(=C1CCN(C2(C)CCN(C(=O)c3c[nH]c4cc(C(F)(F)F)ccc4c3=O)CC2)CC1)c1ccc(Br)cc1. The number of pyridine rings is 1. The van der Waals surface area contributed by atoms with Gasteiger partial charge in [0, 0.05) is 53.3 Å². The smallest absolute Gasteiger partial charge is 0.360 e. The molecule has 0 radical (unpaired) electrons. The number of alkyl halides is 3. The maximum atomic E-state index is 13.3. The Morgan fingerprint density at radius 3 is 2.36 bits per heavy atom. The van der Waals surface area contributed by atoms with E-state index < -0.39 is 23.1 Å². The van der Waals surface area contributed by atoms with Crippen LogP contribution in [0.4, 0.5) is 13.2 Å². The van der Waals surface area contributed by atoms with Gasteiger partial charge >= 0.3 is 6.18 Å². The first-order valence-corrected chi connectivity index (χ1v) is 14.9. The van der Waals surface area contributed by atoms with Crippen LogP contribution in [0.25, 0.3) is 16.6 Å². The van der Waals surface area contributed by atoms with Crippen LogP contribution in [0, 0.1) is 0 Å². The monoisotopic (exact) mass is 646 g/mol. The average molecular weight is 648 g/mol. The minimum absolute atomic E-state index is 0.0517. The van der Waals surface area contributed by atoms with Crippen molar-refractivity contribution >= 4 is 38.4 Å². The highest BCUT2D eigenvalue weighted by molar-refractivity contribution is 9.10. The molecule has 2 fully saturated rings. The molecule has 224 valence electrons. The second-order valence-electron chi connectivity index (χ2n) is 11.1. The fourth-order valence-electron chi connectivity index (χ4n) is 5.90. The topological polar surface area (TPSA) is 77.7 Å². The number of rotatable bonds is 6. The number of H-pyrrole nitrogens is 1. The number of hydroxylamine groups is 1. The lowest BCUT2D eigenvalue weighted by Gasteiger charge is -2.48. The van der Waals surface area contributed by atoms with E-state index in [-0.39, 0.29) is 22.0 Å². The molecular formula is C31H34BrF3N4O3. The molecule has 2 aliphatic heterocycles. The summed E-state index contributed by atoms with van der Waals surface area (Å²) in [7, 11) is 0. The van der Waals surface area contributed by atoms with Gasteiger partial charge in [-0.25, -0.2) is 0 Å². The van der Waals surface area contributed by atoms with Crippen molar-refractivity contribution in [1.29, 1.82) is 0 Å². The Hall–Kier alpha value is -3.15. The largest absolute Gasteiger partial charge is 0.416 e. The van der Waals surface area contributed by atoms with Crippen molar-refractivity contribution in [2.75, 3.05) is 32.8 Å². The maximum absolute atomic E-state index is 13.3. The fourth-order valence-corrected chi connectivity index (χ4v) is 6.16. The summed E-state index contributed by atoms with van der Waals surface area (Å²) in [6.07, 6.45) is 0.0234. The van der Waals surface area contributed by atoms with Crippen molar-refractivity contribution in [3.63, 3.8) is 0 Å². The van der Waals surface area contributed by atoms with E-state index in [1.807, 2.05) is 19.1 Å². The molecule has 2 N–H and O–H groups in total. The molecule has 0 unspecified atom stereocenters. The van der Waals surface area contributed by atoms with Crippen molar-refractivity contribution in [1.82, 2.24) is 20.3 Å². The van der Waals surface area contributed by atoms with Gasteiger partial charge in [-0.1, -0.05) is 28.1 Å². The first-order chi connectivity index (χ1) is 20.0. The summed E-state index contributed by atoms with van der Waals surface area (Å²) in [5.41, 5.74) is 5.07. The second kappa shape index (κ2) is 12.2. The van der Waals surface area contributed by atoms with E-state index in [1.165, 1.54) is 11.8 Å². The molecule has 0 saturated carbocycles. The minimum atomic E-state index is -4.52. The van der Waals surface area contributed by atoms with Crippen molar-refractivity contribution in [2.45, 2.75) is 51.2 Å². The summed E-state index contributed by atoms with van der Waals surface area (Å²) in [5.74, 6) is -0.398. The summed E-state index contributed by atoms with van der Waals surface area (Å²) in [4.78, 5) is 38.8. The summed E-state index contributed by atoms with van der Waals surface area (Å²) >= 11 is 3.50. The van der Waals surface area contributed by atoms with Gasteiger partial charge in [-0.15, -0.1) is 0 Å². The van der Waals surface area contributed by atoms with Gasteiger partial charge in [0.05, 0.1) is 17.9 Å². The standard InChI is InChI=1S/C31H34BrF3N4O3/c1-3-42-37-27(20-4-7-23(32)8-5-20)21-10-14-39(15-11-21)30(2)12-16-38(17-13-30)29(41)25-19-36-26-18-22(31(33,34)35)6-9-24(26)28(25)40/h4-9,18-19,37H,3,10-17H2,1-2H3,(H,36,40). The van der Waals surface area contributed by atoms with Crippen LogP contribution in [0.15, 0.2) is 63.5 Å². The molecule has 7 nitrogen and oxygen atoms in total. The van der Waals surface area contributed by atoms with Gasteiger partial charge in [0.1, 0.15) is 5.56 Å². The number of aromatic amines is 1. The van der Waals surface area contributed by atoms with Crippen LogP contribution >= 0.6 is 15.9 Å². The number of benzene rings is 2. The van der Waals surface area contributed by atoms with Gasteiger partial charge in [0.15, 0.2) is 0 Å². The molecule has 0 spiro atoms. The molecule has 42 heavy (non-hydrogen) atoms. The predicted molar refractivity (Wildman–Crippen MR) is 160 cm³/mol. The number of amides is 1. The number of halogens is 4. The molecule has 2 aliphatic rings. The lowest BCUT2D eigenvalue weighted by atomic mass is 9.85. The van der Waals surface area contributed by atoms with E-state index in [2.05, 4.69) is 50.4 Å². The lowest BCUT2D eigenvalue weighted by Crippen LogP contribution is -2.56. The van der Waals surface area contributed by atoms with E-state index in [0.717, 1.165) is 72.7 Å². The number of aromatic nitrogens is 1. The van der Waals surface area contributed by atoms with Crippen LogP contribution in [0.3, 0.4) is 0 Å². The zero-order valence-electron chi connectivity index (χ0n) is 23.6. The Labute approximate surface area is 250 Å². The number of nitrogens with zero attached hydrogens (tertiary/aromatic N) is 2. The van der Waals surface area contributed by atoms with Crippen LogP contribution in [0.2, 0.25) is 0 Å². The molecule has 0 aliphatic carbocycles. The second-order valence-corrected chi connectivity index (χ2v) is 12.0. The number of nitrogens with one attached hydrogen (secondary N) is 2. The predicted octanol–water partition coefficient (Wildman–Crippen LogP) is 6.35. The Bertz CT molecular complexity index is 1530. The summed E-state index contributed by atoms with van der Waals surface area (Å²) in [5, 5.41) is 0.0641. The van der Waals surface area contributed by atoms with E-state index >= 15 is 0 Å².